The molecule has 180 valence electrons. The zero-order chi connectivity index (χ0) is 25.4. The van der Waals surface area contributed by atoms with Gasteiger partial charge in [0.15, 0.2) is 5.78 Å². The van der Waals surface area contributed by atoms with E-state index < -0.39 is 5.25 Å². The summed E-state index contributed by atoms with van der Waals surface area (Å²) < 4.78 is 1.53. The Morgan fingerprint density at radius 3 is 2.33 bits per heavy atom. The molecule has 2 amide bonds. The lowest BCUT2D eigenvalue weighted by atomic mass is 9.94. The molecule has 1 fully saturated rings. The molecule has 0 bridgehead atoms. The van der Waals surface area contributed by atoms with Crippen molar-refractivity contribution < 1.29 is 14.4 Å². The highest BCUT2D eigenvalue weighted by molar-refractivity contribution is 8.15. The van der Waals surface area contributed by atoms with Crippen molar-refractivity contribution in [3.05, 3.63) is 105 Å². The molecule has 1 atom stereocenters. The number of hydrogen-bond acceptors (Lipinski definition) is 5. The van der Waals surface area contributed by atoms with Crippen molar-refractivity contribution in [3.63, 3.8) is 0 Å². The molecule has 2 heterocycles. The summed E-state index contributed by atoms with van der Waals surface area (Å²) >= 11 is 7.25. The monoisotopic (exact) mass is 516 g/mol. The van der Waals surface area contributed by atoms with Crippen molar-refractivity contribution in [2.24, 2.45) is 0 Å². The maximum Gasteiger partial charge on any atom is 0.286 e. The molecule has 1 N–H and O–H groups in total. The van der Waals surface area contributed by atoms with Crippen LogP contribution in [0.25, 0.3) is 21.9 Å². The first kappa shape index (κ1) is 24.0. The van der Waals surface area contributed by atoms with E-state index in [9.17, 15) is 19.2 Å². The smallest absolute Gasteiger partial charge is 0.286 e. The Hall–Kier alpha value is -3.68. The minimum Gasteiger partial charge on any atom is -0.300 e. The zero-order valence-electron chi connectivity index (χ0n) is 19.3. The van der Waals surface area contributed by atoms with Gasteiger partial charge in [-0.3, -0.25) is 29.1 Å². The molecular weight excluding hydrogens is 496 g/mol. The van der Waals surface area contributed by atoms with E-state index in [4.69, 9.17) is 11.6 Å². The normalized spacial score (nSPS) is 15.3. The Balaban J connectivity index is 1.68. The molecule has 8 heteroatoms. The van der Waals surface area contributed by atoms with Crippen LogP contribution in [0, 0.1) is 0 Å². The first-order valence-electron chi connectivity index (χ1n) is 11.4. The van der Waals surface area contributed by atoms with Gasteiger partial charge in [-0.25, -0.2) is 0 Å². The highest BCUT2D eigenvalue weighted by atomic mass is 35.5. The summed E-state index contributed by atoms with van der Waals surface area (Å²) in [7, 11) is 0. The molecule has 1 saturated heterocycles. The van der Waals surface area contributed by atoms with Gasteiger partial charge >= 0.3 is 0 Å². The van der Waals surface area contributed by atoms with Gasteiger partial charge in [0.25, 0.3) is 10.8 Å². The fourth-order valence-electron chi connectivity index (χ4n) is 4.48. The quantitative estimate of drug-likeness (QED) is 0.318. The van der Waals surface area contributed by atoms with E-state index in [1.807, 2.05) is 42.5 Å². The lowest BCUT2D eigenvalue weighted by Crippen LogP contribution is -2.28. The number of carbonyl (C=O) groups excluding carboxylic acids is 3. The number of nitrogens with one attached hydrogen (secondary N) is 1. The number of fused-ring (bicyclic) bond motifs is 1. The Morgan fingerprint density at radius 1 is 0.972 bits per heavy atom. The predicted molar refractivity (Wildman–Crippen MR) is 143 cm³/mol. The van der Waals surface area contributed by atoms with Crippen LogP contribution < -0.4 is 10.9 Å². The first-order chi connectivity index (χ1) is 17.4. The van der Waals surface area contributed by atoms with Crippen LogP contribution >= 0.6 is 23.4 Å². The van der Waals surface area contributed by atoms with Gasteiger partial charge in [0.1, 0.15) is 5.25 Å². The molecule has 6 nitrogen and oxygen atoms in total. The third-order valence-corrected chi connectivity index (χ3v) is 7.47. The van der Waals surface area contributed by atoms with Crippen LogP contribution in [0.3, 0.4) is 0 Å². The van der Waals surface area contributed by atoms with Crippen molar-refractivity contribution in [3.8, 4) is 11.1 Å². The van der Waals surface area contributed by atoms with Crippen LogP contribution in [-0.2, 0) is 11.3 Å². The van der Waals surface area contributed by atoms with Crippen molar-refractivity contribution in [1.82, 2.24) is 9.88 Å². The SMILES string of the molecule is CCC(=O)c1c(-c2ccccc2)c2cc(Cl)ccc2c(=O)n1Cc1ccc(C2SC(=O)NC2=O)cc1. The van der Waals surface area contributed by atoms with Gasteiger partial charge in [0.2, 0.25) is 5.91 Å². The Morgan fingerprint density at radius 2 is 1.69 bits per heavy atom. The molecule has 3 aromatic carbocycles. The molecule has 5 rings (SSSR count). The Kier molecular flexibility index (Phi) is 6.51. The lowest BCUT2D eigenvalue weighted by molar-refractivity contribution is -0.119. The van der Waals surface area contributed by atoms with Crippen LogP contribution in [0.1, 0.15) is 40.2 Å². The maximum atomic E-state index is 13.7. The average molecular weight is 517 g/mol. The van der Waals surface area contributed by atoms with Crippen LogP contribution in [-0.4, -0.2) is 21.5 Å². The highest BCUT2D eigenvalue weighted by Crippen LogP contribution is 2.35. The van der Waals surface area contributed by atoms with E-state index in [-0.39, 0.29) is 35.5 Å². The number of pyridine rings is 1. The fraction of sp³-hybridized carbons (Fsp3) is 0.143. The number of rotatable bonds is 6. The molecule has 1 unspecified atom stereocenters. The summed E-state index contributed by atoms with van der Waals surface area (Å²) in [5.74, 6) is -0.493. The number of carbonyl (C=O) groups is 3. The zero-order valence-corrected chi connectivity index (χ0v) is 20.9. The van der Waals surface area contributed by atoms with E-state index in [0.717, 1.165) is 22.9 Å². The van der Waals surface area contributed by atoms with Gasteiger partial charge in [-0.15, -0.1) is 0 Å². The summed E-state index contributed by atoms with van der Waals surface area (Å²) in [6.07, 6.45) is 0.228. The number of ketones is 1. The molecule has 1 aliphatic heterocycles. The average Bonchev–Trinajstić information content (AvgIpc) is 3.23. The van der Waals surface area contributed by atoms with E-state index in [2.05, 4.69) is 5.32 Å². The number of thioether (sulfide) groups is 1. The number of aromatic nitrogens is 1. The summed E-state index contributed by atoms with van der Waals surface area (Å²) in [6.45, 7) is 1.94. The van der Waals surface area contributed by atoms with E-state index in [1.165, 1.54) is 4.57 Å². The van der Waals surface area contributed by atoms with Gasteiger partial charge in [-0.2, -0.15) is 0 Å². The number of amides is 2. The standard InChI is InChI=1S/C28H21ClN2O4S/c1-2-22(32)24-23(17-6-4-3-5-7-17)21-14-19(29)12-13-20(21)27(34)31(24)15-16-8-10-18(11-9-16)25-26(33)30-28(35)36-25/h3-14,25H,2,15H2,1H3,(H,30,33,35). The molecule has 0 radical (unpaired) electrons. The van der Waals surface area contributed by atoms with Crippen LogP contribution in [0.2, 0.25) is 5.02 Å². The van der Waals surface area contributed by atoms with Gasteiger partial charge in [0.05, 0.1) is 12.2 Å². The van der Waals surface area contributed by atoms with Gasteiger partial charge in [-0.05, 0) is 52.0 Å². The van der Waals surface area contributed by atoms with Crippen LogP contribution in [0.15, 0.2) is 77.6 Å². The molecule has 0 aliphatic carbocycles. The molecule has 0 saturated carbocycles. The highest BCUT2D eigenvalue weighted by Gasteiger charge is 2.32. The van der Waals surface area contributed by atoms with Crippen molar-refractivity contribution in [2.75, 3.05) is 0 Å². The first-order valence-corrected chi connectivity index (χ1v) is 12.7. The molecule has 36 heavy (non-hydrogen) atoms. The molecule has 0 spiro atoms. The Labute approximate surface area is 216 Å². The number of Topliss-reactive ketones (excluding diaryl/α,β-unsaturated/α-hetero) is 1. The molecular formula is C28H21ClN2O4S. The molecule has 4 aromatic rings. The number of nitrogens with zero attached hydrogens (tertiary/aromatic N) is 1. The van der Waals surface area contributed by atoms with Crippen LogP contribution in [0.4, 0.5) is 4.79 Å². The molecule has 1 aromatic heterocycles. The second-order valence-electron chi connectivity index (χ2n) is 8.46. The Bertz CT molecular complexity index is 1580. The predicted octanol–water partition coefficient (Wildman–Crippen LogP) is 5.99. The van der Waals surface area contributed by atoms with E-state index in [1.54, 1.807) is 37.3 Å². The third-order valence-electron chi connectivity index (χ3n) is 6.19. The number of hydrogen-bond donors (Lipinski definition) is 1. The minimum atomic E-state index is -0.596. The number of halogens is 1. The topological polar surface area (TPSA) is 85.2 Å². The minimum absolute atomic E-state index is 0.151. The lowest BCUT2D eigenvalue weighted by Gasteiger charge is -2.20. The summed E-state index contributed by atoms with van der Waals surface area (Å²) in [5, 5.41) is 2.91. The molecule has 1 aliphatic rings. The van der Waals surface area contributed by atoms with Gasteiger partial charge in [-0.1, -0.05) is 73.1 Å². The number of imide groups is 1. The fourth-order valence-corrected chi connectivity index (χ4v) is 5.49. The second-order valence-corrected chi connectivity index (χ2v) is 9.98. The number of benzene rings is 3. The van der Waals surface area contributed by atoms with E-state index in [0.29, 0.717) is 32.6 Å². The second kappa shape index (κ2) is 9.76. The summed E-state index contributed by atoms with van der Waals surface area (Å²) in [5.41, 5.74) is 3.03. The third kappa shape index (κ3) is 4.36. The van der Waals surface area contributed by atoms with Crippen LogP contribution in [0.5, 0.6) is 0 Å². The van der Waals surface area contributed by atoms with Gasteiger partial charge < -0.3 is 0 Å². The van der Waals surface area contributed by atoms with Gasteiger partial charge in [0, 0.05) is 22.4 Å². The summed E-state index contributed by atoms with van der Waals surface area (Å²) in [4.78, 5) is 50.6. The van der Waals surface area contributed by atoms with Crippen molar-refractivity contribution in [2.45, 2.75) is 25.1 Å². The maximum absolute atomic E-state index is 13.7. The van der Waals surface area contributed by atoms with Crippen molar-refractivity contribution >= 4 is 51.1 Å². The largest absolute Gasteiger partial charge is 0.300 e. The van der Waals surface area contributed by atoms with E-state index >= 15 is 0 Å². The summed E-state index contributed by atoms with van der Waals surface area (Å²) in [6, 6.07) is 21.8. The van der Waals surface area contributed by atoms with Crippen molar-refractivity contribution in [1.29, 1.82) is 0 Å².